The molecule has 0 amide bonds. The van der Waals surface area contributed by atoms with Crippen molar-refractivity contribution in [3.05, 3.63) is 33.6 Å². The number of halogens is 1. The number of hydrogen-bond donors (Lipinski definition) is 0. The van der Waals surface area contributed by atoms with Crippen molar-refractivity contribution in [2.24, 2.45) is 0 Å². The second-order valence-corrected chi connectivity index (χ2v) is 6.46. The molecule has 0 aliphatic carbocycles. The first-order chi connectivity index (χ1) is 7.81. The van der Waals surface area contributed by atoms with E-state index in [1.165, 1.54) is 45.4 Å². The zero-order valence-electron chi connectivity index (χ0n) is 9.08. The first-order valence-corrected chi connectivity index (χ1v) is 7.32. The van der Waals surface area contributed by atoms with E-state index in [1.807, 2.05) is 11.3 Å². The Morgan fingerprint density at radius 2 is 2.00 bits per heavy atom. The highest BCUT2D eigenvalue weighted by molar-refractivity contribution is 9.10. The molecule has 0 saturated carbocycles. The van der Waals surface area contributed by atoms with Gasteiger partial charge >= 0.3 is 0 Å². The van der Waals surface area contributed by atoms with Gasteiger partial charge in [-0.1, -0.05) is 22.0 Å². The Bertz CT molecular complexity index is 500. The molecule has 0 N–H and O–H groups in total. The monoisotopic (exact) mass is 295 g/mol. The van der Waals surface area contributed by atoms with Crippen LogP contribution in [0.3, 0.4) is 0 Å². The van der Waals surface area contributed by atoms with E-state index in [0.717, 1.165) is 6.54 Å². The number of likely N-dealkylation sites (tertiary alicyclic amines) is 1. The molecule has 2 heterocycles. The number of hydrogen-bond acceptors (Lipinski definition) is 2. The predicted molar refractivity (Wildman–Crippen MR) is 74.0 cm³/mol. The van der Waals surface area contributed by atoms with Crippen molar-refractivity contribution < 1.29 is 0 Å². The maximum Gasteiger partial charge on any atom is 0.0357 e. The SMILES string of the molecule is Brc1ccc2cc(CN3CCCC3)sc2c1. The summed E-state index contributed by atoms with van der Waals surface area (Å²) in [6.07, 6.45) is 2.74. The summed E-state index contributed by atoms with van der Waals surface area (Å²) >= 11 is 5.45. The average Bonchev–Trinajstić information content (AvgIpc) is 2.86. The molecule has 0 radical (unpaired) electrons. The zero-order valence-corrected chi connectivity index (χ0v) is 11.5. The second-order valence-electron chi connectivity index (χ2n) is 4.38. The molecule has 16 heavy (non-hydrogen) atoms. The lowest BCUT2D eigenvalue weighted by atomic mass is 10.2. The fraction of sp³-hybridized carbons (Fsp3) is 0.385. The van der Waals surface area contributed by atoms with E-state index in [0.29, 0.717) is 0 Å². The quantitative estimate of drug-likeness (QED) is 0.800. The van der Waals surface area contributed by atoms with Gasteiger partial charge < -0.3 is 0 Å². The van der Waals surface area contributed by atoms with Crippen LogP contribution < -0.4 is 0 Å². The van der Waals surface area contributed by atoms with Crippen LogP contribution in [0.15, 0.2) is 28.7 Å². The molecular weight excluding hydrogens is 282 g/mol. The highest BCUT2D eigenvalue weighted by atomic mass is 79.9. The first-order valence-electron chi connectivity index (χ1n) is 5.71. The van der Waals surface area contributed by atoms with E-state index < -0.39 is 0 Å². The van der Waals surface area contributed by atoms with Crippen molar-refractivity contribution in [2.75, 3.05) is 13.1 Å². The number of rotatable bonds is 2. The molecule has 1 aromatic carbocycles. The van der Waals surface area contributed by atoms with Gasteiger partial charge in [0.15, 0.2) is 0 Å². The zero-order chi connectivity index (χ0) is 11.0. The normalized spacial score (nSPS) is 17.3. The Labute approximate surface area is 108 Å². The summed E-state index contributed by atoms with van der Waals surface area (Å²) in [5.41, 5.74) is 0. The number of fused-ring (bicyclic) bond motifs is 1. The highest BCUT2D eigenvalue weighted by Gasteiger charge is 2.13. The molecule has 3 heteroatoms. The summed E-state index contributed by atoms with van der Waals surface area (Å²) < 4.78 is 2.57. The Morgan fingerprint density at radius 3 is 2.81 bits per heavy atom. The van der Waals surface area contributed by atoms with Gasteiger partial charge in [0.1, 0.15) is 0 Å². The summed E-state index contributed by atoms with van der Waals surface area (Å²) in [4.78, 5) is 4.05. The van der Waals surface area contributed by atoms with Crippen molar-refractivity contribution in [3.8, 4) is 0 Å². The molecule has 1 saturated heterocycles. The van der Waals surface area contributed by atoms with Crippen molar-refractivity contribution >= 4 is 37.4 Å². The third-order valence-electron chi connectivity index (χ3n) is 3.11. The first kappa shape index (κ1) is 10.8. The highest BCUT2D eigenvalue weighted by Crippen LogP contribution is 2.29. The van der Waals surface area contributed by atoms with Crippen LogP contribution in [0.25, 0.3) is 10.1 Å². The van der Waals surface area contributed by atoms with Gasteiger partial charge in [-0.15, -0.1) is 11.3 Å². The van der Waals surface area contributed by atoms with E-state index in [-0.39, 0.29) is 0 Å². The Hall–Kier alpha value is -0.380. The van der Waals surface area contributed by atoms with Gasteiger partial charge in [0.2, 0.25) is 0 Å². The van der Waals surface area contributed by atoms with Crippen molar-refractivity contribution in [2.45, 2.75) is 19.4 Å². The van der Waals surface area contributed by atoms with Crippen LogP contribution >= 0.6 is 27.3 Å². The van der Waals surface area contributed by atoms with E-state index >= 15 is 0 Å². The summed E-state index contributed by atoms with van der Waals surface area (Å²) in [6, 6.07) is 8.87. The van der Waals surface area contributed by atoms with E-state index in [9.17, 15) is 0 Å². The Kier molecular flexibility index (Phi) is 3.01. The maximum atomic E-state index is 3.53. The lowest BCUT2D eigenvalue weighted by Crippen LogP contribution is -2.17. The molecule has 0 spiro atoms. The van der Waals surface area contributed by atoms with E-state index in [1.54, 1.807) is 0 Å². The van der Waals surface area contributed by atoms with Crippen LogP contribution in [-0.2, 0) is 6.54 Å². The number of benzene rings is 1. The summed E-state index contributed by atoms with van der Waals surface area (Å²) in [5, 5.41) is 1.38. The third-order valence-corrected chi connectivity index (χ3v) is 4.69. The van der Waals surface area contributed by atoms with Crippen molar-refractivity contribution in [3.63, 3.8) is 0 Å². The standard InChI is InChI=1S/C13H14BrNS/c14-11-4-3-10-7-12(16-13(10)8-11)9-15-5-1-2-6-15/h3-4,7-8H,1-2,5-6,9H2. The molecule has 1 aliphatic heterocycles. The van der Waals surface area contributed by atoms with Gasteiger partial charge in [-0.2, -0.15) is 0 Å². The van der Waals surface area contributed by atoms with Crippen LogP contribution in [-0.4, -0.2) is 18.0 Å². The van der Waals surface area contributed by atoms with Gasteiger partial charge in [0.05, 0.1) is 0 Å². The number of nitrogens with zero attached hydrogens (tertiary/aromatic N) is 1. The van der Waals surface area contributed by atoms with E-state index in [2.05, 4.69) is 45.1 Å². The molecule has 1 nitrogen and oxygen atoms in total. The summed E-state index contributed by atoms with van der Waals surface area (Å²) in [5.74, 6) is 0. The van der Waals surface area contributed by atoms with Crippen LogP contribution in [0.4, 0.5) is 0 Å². The van der Waals surface area contributed by atoms with Crippen molar-refractivity contribution in [1.29, 1.82) is 0 Å². The molecule has 0 atom stereocenters. The molecule has 2 aromatic rings. The lowest BCUT2D eigenvalue weighted by molar-refractivity contribution is 0.334. The molecule has 3 rings (SSSR count). The molecule has 0 unspecified atom stereocenters. The largest absolute Gasteiger partial charge is 0.298 e. The Morgan fingerprint density at radius 1 is 1.19 bits per heavy atom. The summed E-state index contributed by atoms with van der Waals surface area (Å²) in [6.45, 7) is 3.69. The van der Waals surface area contributed by atoms with Gasteiger partial charge in [0, 0.05) is 20.6 Å². The topological polar surface area (TPSA) is 3.24 Å². The lowest BCUT2D eigenvalue weighted by Gasteiger charge is -2.12. The van der Waals surface area contributed by atoms with Crippen molar-refractivity contribution in [1.82, 2.24) is 4.90 Å². The predicted octanol–water partition coefficient (Wildman–Crippen LogP) is 4.26. The third kappa shape index (κ3) is 2.17. The minimum absolute atomic E-state index is 1.14. The van der Waals surface area contributed by atoms with Gasteiger partial charge in [0.25, 0.3) is 0 Å². The molecular formula is C13H14BrNS. The minimum atomic E-state index is 1.14. The molecule has 84 valence electrons. The van der Waals surface area contributed by atoms with Gasteiger partial charge in [-0.25, -0.2) is 0 Å². The smallest absolute Gasteiger partial charge is 0.0357 e. The van der Waals surface area contributed by atoms with Gasteiger partial charge in [-0.3, -0.25) is 4.90 Å². The summed E-state index contributed by atoms with van der Waals surface area (Å²) in [7, 11) is 0. The molecule has 1 aliphatic rings. The van der Waals surface area contributed by atoms with E-state index in [4.69, 9.17) is 0 Å². The van der Waals surface area contributed by atoms with Crippen LogP contribution in [0.2, 0.25) is 0 Å². The van der Waals surface area contributed by atoms with Gasteiger partial charge in [-0.05, 0) is 49.5 Å². The van der Waals surface area contributed by atoms with Crippen LogP contribution in [0.1, 0.15) is 17.7 Å². The average molecular weight is 296 g/mol. The molecule has 1 aromatic heterocycles. The van der Waals surface area contributed by atoms with Crippen LogP contribution in [0, 0.1) is 0 Å². The van der Waals surface area contributed by atoms with Crippen LogP contribution in [0.5, 0.6) is 0 Å². The molecule has 1 fully saturated rings. The second kappa shape index (κ2) is 4.47. The number of thiophene rings is 1. The minimum Gasteiger partial charge on any atom is -0.298 e. The fourth-order valence-corrected chi connectivity index (χ4v) is 3.96. The fourth-order valence-electron chi connectivity index (χ4n) is 2.30. The maximum absolute atomic E-state index is 3.53. The molecule has 0 bridgehead atoms. The Balaban J connectivity index is 1.86.